The number of hydrogen-bond acceptors (Lipinski definition) is 2. The molecule has 0 amide bonds. The fraction of sp³-hybridized carbons (Fsp3) is 0.533. The van der Waals surface area contributed by atoms with E-state index in [0.29, 0.717) is 6.04 Å². The van der Waals surface area contributed by atoms with Crippen LogP contribution < -0.4 is 5.32 Å². The van der Waals surface area contributed by atoms with Crippen molar-refractivity contribution >= 4 is 5.65 Å². The number of nitrogens with zero attached hydrogens (tertiary/aromatic N) is 2. The lowest BCUT2D eigenvalue weighted by Crippen LogP contribution is -2.35. The molecule has 102 valence electrons. The molecular formula is C15H20FN3. The zero-order valence-corrected chi connectivity index (χ0v) is 11.3. The molecule has 3 heterocycles. The molecule has 3 rings (SSSR count). The maximum Gasteiger partial charge on any atom is 0.140 e. The summed E-state index contributed by atoms with van der Waals surface area (Å²) in [4.78, 5) is 4.68. The summed E-state index contributed by atoms with van der Waals surface area (Å²) in [6, 6.07) is 2.11. The topological polar surface area (TPSA) is 29.3 Å². The summed E-state index contributed by atoms with van der Waals surface area (Å²) in [6.45, 7) is 3.14. The van der Waals surface area contributed by atoms with Gasteiger partial charge in [0.15, 0.2) is 0 Å². The van der Waals surface area contributed by atoms with Gasteiger partial charge in [-0.1, -0.05) is 13.3 Å². The third-order valence-electron chi connectivity index (χ3n) is 3.89. The van der Waals surface area contributed by atoms with E-state index in [0.717, 1.165) is 36.3 Å². The number of fused-ring (bicyclic) bond motifs is 1. The smallest absolute Gasteiger partial charge is 0.140 e. The highest BCUT2D eigenvalue weighted by atomic mass is 19.1. The summed E-state index contributed by atoms with van der Waals surface area (Å²) >= 11 is 0. The van der Waals surface area contributed by atoms with Crippen molar-refractivity contribution in [2.75, 3.05) is 6.54 Å². The lowest BCUT2D eigenvalue weighted by atomic mass is 10.0. The van der Waals surface area contributed by atoms with Crippen LogP contribution in [0.2, 0.25) is 0 Å². The lowest BCUT2D eigenvalue weighted by molar-refractivity contribution is 0.397. The molecule has 1 fully saturated rings. The number of pyridine rings is 1. The molecule has 4 heteroatoms. The van der Waals surface area contributed by atoms with Gasteiger partial charge in [0.1, 0.15) is 11.5 Å². The molecular weight excluding hydrogens is 241 g/mol. The van der Waals surface area contributed by atoms with Gasteiger partial charge in [-0.2, -0.15) is 0 Å². The van der Waals surface area contributed by atoms with Crippen LogP contribution in [0.25, 0.3) is 5.65 Å². The lowest BCUT2D eigenvalue weighted by Gasteiger charge is -2.22. The van der Waals surface area contributed by atoms with E-state index >= 15 is 0 Å². The highest BCUT2D eigenvalue weighted by Crippen LogP contribution is 2.17. The van der Waals surface area contributed by atoms with Crippen LogP contribution in [0.4, 0.5) is 4.39 Å². The molecule has 0 saturated carbocycles. The molecule has 0 radical (unpaired) electrons. The highest BCUT2D eigenvalue weighted by molar-refractivity contribution is 5.49. The van der Waals surface area contributed by atoms with Crippen molar-refractivity contribution in [3.63, 3.8) is 0 Å². The van der Waals surface area contributed by atoms with E-state index in [1.54, 1.807) is 6.07 Å². The van der Waals surface area contributed by atoms with E-state index in [1.165, 1.54) is 25.5 Å². The number of piperidine rings is 1. The highest BCUT2D eigenvalue weighted by Gasteiger charge is 2.15. The fourth-order valence-electron chi connectivity index (χ4n) is 2.89. The minimum Gasteiger partial charge on any atom is -0.314 e. The summed E-state index contributed by atoms with van der Waals surface area (Å²) in [5.41, 5.74) is 2.93. The zero-order valence-electron chi connectivity index (χ0n) is 11.3. The molecule has 0 spiro atoms. The van der Waals surface area contributed by atoms with Crippen LogP contribution in [0.5, 0.6) is 0 Å². The molecule has 1 aliphatic heterocycles. The normalized spacial score (nSPS) is 20.0. The third kappa shape index (κ3) is 2.63. The van der Waals surface area contributed by atoms with Gasteiger partial charge in [0, 0.05) is 24.9 Å². The van der Waals surface area contributed by atoms with E-state index < -0.39 is 0 Å². The van der Waals surface area contributed by atoms with Crippen molar-refractivity contribution < 1.29 is 4.39 Å². The number of halogens is 1. The van der Waals surface area contributed by atoms with Crippen molar-refractivity contribution in [3.05, 3.63) is 35.5 Å². The van der Waals surface area contributed by atoms with Crippen molar-refractivity contribution in [1.29, 1.82) is 0 Å². The minimum absolute atomic E-state index is 0.191. The Morgan fingerprint density at radius 3 is 3.05 bits per heavy atom. The first kappa shape index (κ1) is 12.6. The molecule has 1 atom stereocenters. The second-order valence-corrected chi connectivity index (χ2v) is 5.35. The summed E-state index contributed by atoms with van der Waals surface area (Å²) in [6.07, 6.45) is 8.99. The van der Waals surface area contributed by atoms with Gasteiger partial charge in [0.25, 0.3) is 0 Å². The van der Waals surface area contributed by atoms with Crippen LogP contribution >= 0.6 is 0 Å². The standard InChI is InChI=1S/C15H20FN3/c1-2-11-7-12(16)9-19-10-14(18-15(11)19)8-13-5-3-4-6-17-13/h7,9-10,13,17H,2-6,8H2,1H3/t13-/m0/s1. The molecule has 0 bridgehead atoms. The van der Waals surface area contributed by atoms with E-state index in [1.807, 2.05) is 17.5 Å². The van der Waals surface area contributed by atoms with Crippen molar-refractivity contribution in [3.8, 4) is 0 Å². The average molecular weight is 261 g/mol. The first-order valence-electron chi connectivity index (χ1n) is 7.15. The molecule has 2 aromatic rings. The fourth-order valence-corrected chi connectivity index (χ4v) is 2.89. The van der Waals surface area contributed by atoms with Gasteiger partial charge in [0.05, 0.1) is 5.69 Å². The first-order valence-corrected chi connectivity index (χ1v) is 7.15. The van der Waals surface area contributed by atoms with Crippen LogP contribution in [0.15, 0.2) is 18.5 Å². The Morgan fingerprint density at radius 2 is 2.32 bits per heavy atom. The van der Waals surface area contributed by atoms with Crippen LogP contribution in [0.1, 0.15) is 37.4 Å². The number of imidazole rings is 1. The predicted octanol–water partition coefficient (Wildman–Crippen LogP) is 2.72. The molecule has 0 unspecified atom stereocenters. The molecule has 0 aromatic carbocycles. The van der Waals surface area contributed by atoms with E-state index in [2.05, 4.69) is 10.3 Å². The Morgan fingerprint density at radius 1 is 1.42 bits per heavy atom. The molecule has 1 N–H and O–H groups in total. The quantitative estimate of drug-likeness (QED) is 0.920. The maximum atomic E-state index is 13.5. The van der Waals surface area contributed by atoms with Gasteiger partial charge in [-0.3, -0.25) is 0 Å². The number of rotatable bonds is 3. The Bertz CT molecular complexity index is 570. The van der Waals surface area contributed by atoms with Gasteiger partial charge in [-0.25, -0.2) is 9.37 Å². The molecule has 0 aliphatic carbocycles. The first-order chi connectivity index (χ1) is 9.26. The molecule has 2 aromatic heterocycles. The average Bonchev–Trinajstić information content (AvgIpc) is 2.81. The van der Waals surface area contributed by atoms with Gasteiger partial charge in [-0.15, -0.1) is 0 Å². The Balaban J connectivity index is 1.88. The largest absolute Gasteiger partial charge is 0.314 e. The van der Waals surface area contributed by atoms with Crippen molar-refractivity contribution in [2.24, 2.45) is 0 Å². The molecule has 3 nitrogen and oxygen atoms in total. The maximum absolute atomic E-state index is 13.5. The third-order valence-corrected chi connectivity index (χ3v) is 3.89. The minimum atomic E-state index is -0.191. The number of hydrogen-bond donors (Lipinski definition) is 1. The Labute approximate surface area is 112 Å². The Kier molecular flexibility index (Phi) is 3.51. The van der Waals surface area contributed by atoms with Crippen molar-refractivity contribution in [2.45, 2.75) is 45.1 Å². The summed E-state index contributed by atoms with van der Waals surface area (Å²) in [7, 11) is 0. The predicted molar refractivity (Wildman–Crippen MR) is 73.9 cm³/mol. The summed E-state index contributed by atoms with van der Waals surface area (Å²) in [5.74, 6) is -0.191. The van der Waals surface area contributed by atoms with Crippen LogP contribution in [0, 0.1) is 5.82 Å². The van der Waals surface area contributed by atoms with Crippen LogP contribution in [0.3, 0.4) is 0 Å². The second kappa shape index (κ2) is 5.29. The van der Waals surface area contributed by atoms with E-state index in [-0.39, 0.29) is 5.82 Å². The van der Waals surface area contributed by atoms with E-state index in [4.69, 9.17) is 0 Å². The molecule has 1 aliphatic rings. The van der Waals surface area contributed by atoms with Gasteiger partial charge in [-0.05, 0) is 37.4 Å². The molecule has 1 saturated heterocycles. The van der Waals surface area contributed by atoms with Crippen molar-refractivity contribution in [1.82, 2.24) is 14.7 Å². The molecule has 19 heavy (non-hydrogen) atoms. The van der Waals surface area contributed by atoms with Gasteiger partial charge >= 0.3 is 0 Å². The van der Waals surface area contributed by atoms with Crippen LogP contribution in [-0.2, 0) is 12.8 Å². The number of aryl methyl sites for hydroxylation is 1. The van der Waals surface area contributed by atoms with E-state index in [9.17, 15) is 4.39 Å². The van der Waals surface area contributed by atoms with Gasteiger partial charge < -0.3 is 9.72 Å². The monoisotopic (exact) mass is 261 g/mol. The Hall–Kier alpha value is -1.42. The second-order valence-electron chi connectivity index (χ2n) is 5.35. The SMILES string of the molecule is CCc1cc(F)cn2cc(C[C@@H]3CCCCN3)nc12. The van der Waals surface area contributed by atoms with Gasteiger partial charge in [0.2, 0.25) is 0 Å². The summed E-state index contributed by atoms with van der Waals surface area (Å²) in [5, 5.41) is 3.53. The zero-order chi connectivity index (χ0) is 13.2. The summed E-state index contributed by atoms with van der Waals surface area (Å²) < 4.78 is 15.3. The number of aromatic nitrogens is 2. The van der Waals surface area contributed by atoms with Crippen LogP contribution in [-0.4, -0.2) is 22.0 Å². The number of nitrogens with one attached hydrogen (secondary N) is 1.